The number of nitrogens with one attached hydrogen (secondary N) is 1. The van der Waals surface area contributed by atoms with Crippen molar-refractivity contribution in [2.45, 2.75) is 0 Å². The van der Waals surface area contributed by atoms with Crippen molar-refractivity contribution >= 4 is 28.0 Å². The van der Waals surface area contributed by atoms with E-state index in [4.69, 9.17) is 4.74 Å². The van der Waals surface area contributed by atoms with Crippen molar-refractivity contribution in [2.75, 3.05) is 20.2 Å². The Balaban J connectivity index is 0.00000112. The van der Waals surface area contributed by atoms with Crippen LogP contribution in [0.1, 0.15) is 0 Å². The van der Waals surface area contributed by atoms with Crippen molar-refractivity contribution < 1.29 is 9.37 Å². The number of hydrogen-bond donors (Lipinski definition) is 1. The number of likely N-dealkylation sites (N-methyl/N-ethyl adjacent to an activating group) is 1. The summed E-state index contributed by atoms with van der Waals surface area (Å²) >= 11 is 0. The summed E-state index contributed by atoms with van der Waals surface area (Å²) in [5.41, 5.74) is 1.46. The van der Waals surface area contributed by atoms with E-state index in [9.17, 15) is 0 Å². The molecule has 0 saturated heterocycles. The molecule has 2 rings (SSSR count). The summed E-state index contributed by atoms with van der Waals surface area (Å²) in [4.78, 5) is 0. The SMILES string of the molecule is Br.CNCCOc1ccc2nonc2c1. The first-order chi connectivity index (χ1) is 6.90. The largest absolute Gasteiger partial charge is 0.492 e. The molecule has 15 heavy (non-hydrogen) atoms. The summed E-state index contributed by atoms with van der Waals surface area (Å²) in [7, 11) is 1.88. The summed E-state index contributed by atoms with van der Waals surface area (Å²) in [6.07, 6.45) is 0. The number of hydrogen-bond acceptors (Lipinski definition) is 5. The van der Waals surface area contributed by atoms with Crippen LogP contribution in [0.3, 0.4) is 0 Å². The molecule has 5 nitrogen and oxygen atoms in total. The normalized spacial score (nSPS) is 9.93. The summed E-state index contributed by atoms with van der Waals surface area (Å²) in [5.74, 6) is 0.781. The molecule has 0 radical (unpaired) electrons. The number of benzene rings is 1. The Morgan fingerprint density at radius 2 is 2.13 bits per heavy atom. The van der Waals surface area contributed by atoms with Gasteiger partial charge in [-0.2, -0.15) is 0 Å². The molecule has 1 aromatic carbocycles. The van der Waals surface area contributed by atoms with E-state index in [0.29, 0.717) is 12.1 Å². The van der Waals surface area contributed by atoms with Crippen LogP contribution in [0.2, 0.25) is 0 Å². The lowest BCUT2D eigenvalue weighted by molar-refractivity contribution is 0.314. The van der Waals surface area contributed by atoms with E-state index in [2.05, 4.69) is 20.3 Å². The van der Waals surface area contributed by atoms with E-state index in [1.54, 1.807) is 0 Å². The monoisotopic (exact) mass is 273 g/mol. The highest BCUT2D eigenvalue weighted by molar-refractivity contribution is 8.93. The Morgan fingerprint density at radius 1 is 1.33 bits per heavy atom. The molecule has 0 saturated carbocycles. The number of nitrogens with zero attached hydrogens (tertiary/aromatic N) is 2. The number of halogens is 1. The first-order valence-corrected chi connectivity index (χ1v) is 4.40. The van der Waals surface area contributed by atoms with Crippen molar-refractivity contribution in [1.29, 1.82) is 0 Å². The summed E-state index contributed by atoms with van der Waals surface area (Å²) in [6, 6.07) is 5.48. The molecule has 0 aliphatic rings. The Bertz CT molecular complexity index is 418. The molecule has 82 valence electrons. The van der Waals surface area contributed by atoms with Gasteiger partial charge in [-0.3, -0.25) is 0 Å². The van der Waals surface area contributed by atoms with Gasteiger partial charge < -0.3 is 10.1 Å². The number of rotatable bonds is 4. The highest BCUT2D eigenvalue weighted by Crippen LogP contribution is 2.17. The predicted octanol–water partition coefficient (Wildman–Crippen LogP) is 1.40. The maximum absolute atomic E-state index is 5.45. The van der Waals surface area contributed by atoms with Crippen LogP contribution in [0.4, 0.5) is 0 Å². The Kier molecular flexibility index (Phi) is 4.51. The van der Waals surface area contributed by atoms with Gasteiger partial charge in [-0.25, -0.2) is 4.63 Å². The molecule has 1 N–H and O–H groups in total. The van der Waals surface area contributed by atoms with Crippen LogP contribution in [-0.2, 0) is 0 Å². The van der Waals surface area contributed by atoms with Gasteiger partial charge in [-0.05, 0) is 29.5 Å². The molecule has 0 fully saturated rings. The molecule has 0 atom stereocenters. The minimum atomic E-state index is 0. The van der Waals surface area contributed by atoms with Gasteiger partial charge in [0.15, 0.2) is 0 Å². The lowest BCUT2D eigenvalue weighted by atomic mass is 10.3. The standard InChI is InChI=1S/C9H11N3O2.BrH/c1-10-4-5-13-7-2-3-8-9(6-7)12-14-11-8;/h2-3,6,10H,4-5H2,1H3;1H. The van der Waals surface area contributed by atoms with Crippen molar-refractivity contribution in [3.05, 3.63) is 18.2 Å². The number of ether oxygens (including phenoxy) is 1. The third kappa shape index (κ3) is 2.90. The van der Waals surface area contributed by atoms with Gasteiger partial charge >= 0.3 is 0 Å². The van der Waals surface area contributed by atoms with E-state index in [-0.39, 0.29) is 17.0 Å². The fourth-order valence-corrected chi connectivity index (χ4v) is 1.12. The minimum absolute atomic E-state index is 0. The quantitative estimate of drug-likeness (QED) is 0.854. The van der Waals surface area contributed by atoms with E-state index in [1.807, 2.05) is 25.2 Å². The van der Waals surface area contributed by atoms with Crippen LogP contribution in [-0.4, -0.2) is 30.5 Å². The Morgan fingerprint density at radius 3 is 2.93 bits per heavy atom. The Labute approximate surface area is 97.5 Å². The first-order valence-electron chi connectivity index (χ1n) is 4.40. The second-order valence-corrected chi connectivity index (χ2v) is 2.87. The average Bonchev–Trinajstić information content (AvgIpc) is 2.65. The average molecular weight is 274 g/mol. The molecule has 2 aromatic rings. The molecule has 0 aliphatic carbocycles. The lowest BCUT2D eigenvalue weighted by Crippen LogP contribution is -2.15. The molecule has 0 unspecified atom stereocenters. The second-order valence-electron chi connectivity index (χ2n) is 2.87. The number of fused-ring (bicyclic) bond motifs is 1. The molecule has 0 aliphatic heterocycles. The van der Waals surface area contributed by atoms with Crippen LogP contribution in [0.15, 0.2) is 22.8 Å². The highest BCUT2D eigenvalue weighted by Gasteiger charge is 2.01. The molecule has 0 bridgehead atoms. The zero-order valence-electron chi connectivity index (χ0n) is 8.27. The third-order valence-corrected chi connectivity index (χ3v) is 1.85. The van der Waals surface area contributed by atoms with Crippen molar-refractivity contribution in [3.63, 3.8) is 0 Å². The predicted molar refractivity (Wildman–Crippen MR) is 61.5 cm³/mol. The van der Waals surface area contributed by atoms with Crippen molar-refractivity contribution in [1.82, 2.24) is 15.6 Å². The molecule has 1 heterocycles. The summed E-state index contributed by atoms with van der Waals surface area (Å²) < 4.78 is 10.0. The molecular formula is C9H12BrN3O2. The molecule has 6 heteroatoms. The molecule has 0 spiro atoms. The fourth-order valence-electron chi connectivity index (χ4n) is 1.12. The minimum Gasteiger partial charge on any atom is -0.492 e. The van der Waals surface area contributed by atoms with Gasteiger partial charge in [0.2, 0.25) is 0 Å². The van der Waals surface area contributed by atoms with Gasteiger partial charge in [0, 0.05) is 12.6 Å². The maximum Gasteiger partial charge on any atom is 0.138 e. The lowest BCUT2D eigenvalue weighted by Gasteiger charge is -2.04. The van der Waals surface area contributed by atoms with E-state index in [0.717, 1.165) is 17.8 Å². The van der Waals surface area contributed by atoms with Crippen LogP contribution in [0, 0.1) is 0 Å². The van der Waals surface area contributed by atoms with Gasteiger partial charge in [-0.15, -0.1) is 17.0 Å². The molecular weight excluding hydrogens is 262 g/mol. The van der Waals surface area contributed by atoms with Gasteiger partial charge in [-0.1, -0.05) is 0 Å². The summed E-state index contributed by atoms with van der Waals surface area (Å²) in [6.45, 7) is 1.45. The number of aromatic nitrogens is 2. The Hall–Kier alpha value is -1.14. The fraction of sp³-hybridized carbons (Fsp3) is 0.333. The van der Waals surface area contributed by atoms with Crippen LogP contribution >= 0.6 is 17.0 Å². The molecule has 1 aromatic heterocycles. The van der Waals surface area contributed by atoms with Gasteiger partial charge in [0.05, 0.1) is 0 Å². The van der Waals surface area contributed by atoms with Crippen LogP contribution < -0.4 is 10.1 Å². The van der Waals surface area contributed by atoms with E-state index >= 15 is 0 Å². The highest BCUT2D eigenvalue weighted by atomic mass is 79.9. The second kappa shape index (κ2) is 5.67. The topological polar surface area (TPSA) is 60.2 Å². The van der Waals surface area contributed by atoms with E-state index in [1.165, 1.54) is 0 Å². The zero-order valence-corrected chi connectivity index (χ0v) is 9.98. The third-order valence-electron chi connectivity index (χ3n) is 1.85. The van der Waals surface area contributed by atoms with Crippen molar-refractivity contribution in [3.8, 4) is 5.75 Å². The summed E-state index contributed by atoms with van der Waals surface area (Å²) in [5, 5.41) is 10.4. The van der Waals surface area contributed by atoms with Crippen molar-refractivity contribution in [2.24, 2.45) is 0 Å². The zero-order chi connectivity index (χ0) is 9.80. The van der Waals surface area contributed by atoms with E-state index < -0.39 is 0 Å². The maximum atomic E-state index is 5.45. The van der Waals surface area contributed by atoms with Crippen LogP contribution in [0.5, 0.6) is 5.75 Å². The van der Waals surface area contributed by atoms with Crippen LogP contribution in [0.25, 0.3) is 11.0 Å². The smallest absolute Gasteiger partial charge is 0.138 e. The first kappa shape index (κ1) is 11.9. The van der Waals surface area contributed by atoms with Gasteiger partial charge in [0.1, 0.15) is 23.4 Å². The molecule has 0 amide bonds. The van der Waals surface area contributed by atoms with Gasteiger partial charge in [0.25, 0.3) is 0 Å².